The number of aromatic nitrogens is 4. The second-order valence-electron chi connectivity index (χ2n) is 10.3. The van der Waals surface area contributed by atoms with Gasteiger partial charge in [-0.1, -0.05) is 35.9 Å². The van der Waals surface area contributed by atoms with Crippen LogP contribution in [0.2, 0.25) is 5.02 Å². The minimum atomic E-state index is -0.956. The Morgan fingerprint density at radius 3 is 2.50 bits per heavy atom. The first-order valence-electron chi connectivity index (χ1n) is 13.4. The predicted octanol–water partition coefficient (Wildman–Crippen LogP) is 3.56. The summed E-state index contributed by atoms with van der Waals surface area (Å²) in [4.78, 5) is 45.3. The third kappa shape index (κ3) is 4.69. The second-order valence-corrected chi connectivity index (χ2v) is 10.7. The standard InChI is InChI=1S/C28H30ClN7O4/c1-17-30-23-24(26(37)36(17)21-10-4-7-18-6-3-9-20(29)22(18)21)31-27(40-16-19-8-5-11-33(19)2)32-25(23)34-12-14-35(15-13-34)28(38)39/h3-4,6-7,9-10,19H,5,8,11-16H2,1-2H3,(H,38,39). The normalized spacial score (nSPS) is 18.1. The highest BCUT2D eigenvalue weighted by Crippen LogP contribution is 2.31. The number of likely N-dealkylation sites (tertiary alicyclic amines) is 1. The molecule has 0 aliphatic carbocycles. The van der Waals surface area contributed by atoms with Gasteiger partial charge in [0.25, 0.3) is 5.56 Å². The fourth-order valence-electron chi connectivity index (χ4n) is 5.64. The molecule has 1 atom stereocenters. The molecule has 1 amide bonds. The van der Waals surface area contributed by atoms with Crippen molar-refractivity contribution in [2.24, 2.45) is 0 Å². The average Bonchev–Trinajstić information content (AvgIpc) is 3.36. The Hall–Kier alpha value is -3.96. The second kappa shape index (κ2) is 10.5. The molecule has 2 aromatic heterocycles. The maximum absolute atomic E-state index is 14.2. The fraction of sp³-hybridized carbons (Fsp3) is 0.393. The molecule has 40 heavy (non-hydrogen) atoms. The Bertz CT molecular complexity index is 1660. The van der Waals surface area contributed by atoms with E-state index in [0.717, 1.165) is 30.2 Å². The Morgan fingerprint density at radius 1 is 1.05 bits per heavy atom. The van der Waals surface area contributed by atoms with E-state index in [1.165, 1.54) is 9.47 Å². The fourth-order valence-corrected chi connectivity index (χ4v) is 5.92. The van der Waals surface area contributed by atoms with Gasteiger partial charge in [-0.25, -0.2) is 9.78 Å². The number of likely N-dealkylation sites (N-methyl/N-ethyl adjacent to an activating group) is 1. The molecule has 2 aliphatic rings. The Balaban J connectivity index is 1.49. The van der Waals surface area contributed by atoms with E-state index in [1.54, 1.807) is 13.0 Å². The lowest BCUT2D eigenvalue weighted by Crippen LogP contribution is -2.48. The van der Waals surface area contributed by atoms with Gasteiger partial charge in [0.1, 0.15) is 17.9 Å². The van der Waals surface area contributed by atoms with Gasteiger partial charge in [0.05, 0.1) is 10.7 Å². The van der Waals surface area contributed by atoms with E-state index >= 15 is 0 Å². The van der Waals surface area contributed by atoms with Crippen molar-refractivity contribution in [3.63, 3.8) is 0 Å². The van der Waals surface area contributed by atoms with Crippen LogP contribution in [0.5, 0.6) is 6.01 Å². The number of ether oxygens (including phenoxy) is 1. The van der Waals surface area contributed by atoms with Gasteiger partial charge in [0, 0.05) is 37.6 Å². The summed E-state index contributed by atoms with van der Waals surface area (Å²) < 4.78 is 7.62. The lowest BCUT2D eigenvalue weighted by Gasteiger charge is -2.34. The summed E-state index contributed by atoms with van der Waals surface area (Å²) in [6, 6.07) is 11.6. The van der Waals surface area contributed by atoms with Gasteiger partial charge in [-0.15, -0.1) is 0 Å². The number of benzene rings is 2. The largest absolute Gasteiger partial charge is 0.465 e. The molecule has 11 nitrogen and oxygen atoms in total. The predicted molar refractivity (Wildman–Crippen MR) is 153 cm³/mol. The molecule has 2 fully saturated rings. The number of amides is 1. The summed E-state index contributed by atoms with van der Waals surface area (Å²) in [5, 5.41) is 11.6. The molecule has 12 heteroatoms. The van der Waals surface area contributed by atoms with E-state index in [1.807, 2.05) is 35.2 Å². The van der Waals surface area contributed by atoms with Crippen molar-refractivity contribution in [3.05, 3.63) is 57.6 Å². The number of carbonyl (C=O) groups is 1. The SMILES string of the molecule is Cc1nc2c(N3CCN(C(=O)O)CC3)nc(OCC3CCCN3C)nc2c(=O)n1-c1cccc2cccc(Cl)c12. The van der Waals surface area contributed by atoms with Crippen molar-refractivity contribution >= 4 is 45.3 Å². The van der Waals surface area contributed by atoms with Crippen LogP contribution in [-0.2, 0) is 0 Å². The number of halogens is 1. The van der Waals surface area contributed by atoms with Gasteiger partial charge in [-0.2, -0.15) is 9.97 Å². The summed E-state index contributed by atoms with van der Waals surface area (Å²) in [6.45, 7) is 4.62. The monoisotopic (exact) mass is 563 g/mol. The number of aryl methyl sites for hydroxylation is 1. The minimum Gasteiger partial charge on any atom is -0.465 e. The first-order chi connectivity index (χ1) is 19.3. The Morgan fingerprint density at radius 2 is 1.80 bits per heavy atom. The zero-order chi connectivity index (χ0) is 28.0. The third-order valence-electron chi connectivity index (χ3n) is 7.85. The average molecular weight is 564 g/mol. The molecule has 0 radical (unpaired) electrons. The van der Waals surface area contributed by atoms with Gasteiger partial charge in [-0.05, 0) is 50.9 Å². The maximum Gasteiger partial charge on any atom is 0.407 e. The van der Waals surface area contributed by atoms with E-state index in [-0.39, 0.29) is 23.1 Å². The van der Waals surface area contributed by atoms with Crippen LogP contribution in [0.25, 0.3) is 27.5 Å². The summed E-state index contributed by atoms with van der Waals surface area (Å²) in [5.41, 5.74) is 0.755. The number of hydrogen-bond donors (Lipinski definition) is 1. The molecule has 2 saturated heterocycles. The van der Waals surface area contributed by atoms with Crippen LogP contribution >= 0.6 is 11.6 Å². The molecule has 0 saturated carbocycles. The van der Waals surface area contributed by atoms with Gasteiger partial charge in [0.15, 0.2) is 11.3 Å². The quantitative estimate of drug-likeness (QED) is 0.389. The number of hydrogen-bond acceptors (Lipinski definition) is 8. The first kappa shape index (κ1) is 26.3. The number of piperazine rings is 1. The van der Waals surface area contributed by atoms with E-state index < -0.39 is 6.09 Å². The lowest BCUT2D eigenvalue weighted by molar-refractivity contribution is 0.142. The van der Waals surface area contributed by atoms with Gasteiger partial charge >= 0.3 is 12.1 Å². The van der Waals surface area contributed by atoms with Crippen LogP contribution in [-0.4, -0.2) is 92.9 Å². The van der Waals surface area contributed by atoms with Gasteiger partial charge < -0.3 is 24.5 Å². The number of fused-ring (bicyclic) bond motifs is 2. The smallest absolute Gasteiger partial charge is 0.407 e. The summed E-state index contributed by atoms with van der Waals surface area (Å²) in [5.74, 6) is 0.924. The Labute approximate surface area is 235 Å². The topological polar surface area (TPSA) is 117 Å². The lowest BCUT2D eigenvalue weighted by atomic mass is 10.1. The zero-order valence-electron chi connectivity index (χ0n) is 22.4. The zero-order valence-corrected chi connectivity index (χ0v) is 23.1. The molecular formula is C28H30ClN7O4. The minimum absolute atomic E-state index is 0.105. The van der Waals surface area contributed by atoms with Crippen LogP contribution in [0, 0.1) is 6.92 Å². The summed E-state index contributed by atoms with van der Waals surface area (Å²) >= 11 is 6.60. The molecule has 0 bridgehead atoms. The number of anilines is 1. The third-order valence-corrected chi connectivity index (χ3v) is 8.16. The number of rotatable bonds is 5. The Kier molecular flexibility index (Phi) is 6.93. The van der Waals surface area contributed by atoms with Crippen LogP contribution in [0.15, 0.2) is 41.2 Å². The van der Waals surface area contributed by atoms with E-state index in [0.29, 0.717) is 60.7 Å². The summed E-state index contributed by atoms with van der Waals surface area (Å²) in [6.07, 6.45) is 1.16. The number of carboxylic acid groups (broad SMARTS) is 1. The molecule has 2 aliphatic heterocycles. The molecule has 4 heterocycles. The molecule has 1 N–H and O–H groups in total. The molecule has 208 valence electrons. The first-order valence-corrected chi connectivity index (χ1v) is 13.7. The highest BCUT2D eigenvalue weighted by atomic mass is 35.5. The highest BCUT2D eigenvalue weighted by molar-refractivity contribution is 6.36. The number of nitrogens with zero attached hydrogens (tertiary/aromatic N) is 7. The van der Waals surface area contributed by atoms with Crippen LogP contribution in [0.3, 0.4) is 0 Å². The van der Waals surface area contributed by atoms with Crippen molar-refractivity contribution in [1.82, 2.24) is 29.3 Å². The van der Waals surface area contributed by atoms with E-state index in [9.17, 15) is 14.7 Å². The van der Waals surface area contributed by atoms with E-state index in [4.69, 9.17) is 26.3 Å². The molecule has 1 unspecified atom stereocenters. The van der Waals surface area contributed by atoms with Crippen LogP contribution < -0.4 is 15.2 Å². The highest BCUT2D eigenvalue weighted by Gasteiger charge is 2.27. The molecule has 4 aromatic rings. The van der Waals surface area contributed by atoms with Crippen molar-refractivity contribution in [2.75, 3.05) is 51.3 Å². The van der Waals surface area contributed by atoms with Crippen molar-refractivity contribution in [1.29, 1.82) is 0 Å². The van der Waals surface area contributed by atoms with Gasteiger partial charge in [0.2, 0.25) is 0 Å². The molecular weight excluding hydrogens is 534 g/mol. The van der Waals surface area contributed by atoms with Crippen LogP contribution in [0.4, 0.5) is 10.6 Å². The van der Waals surface area contributed by atoms with Gasteiger partial charge in [-0.3, -0.25) is 9.36 Å². The van der Waals surface area contributed by atoms with Crippen molar-refractivity contribution in [3.8, 4) is 11.7 Å². The van der Waals surface area contributed by atoms with Crippen LogP contribution in [0.1, 0.15) is 18.7 Å². The van der Waals surface area contributed by atoms with E-state index in [2.05, 4.69) is 16.9 Å². The van der Waals surface area contributed by atoms with Crippen molar-refractivity contribution < 1.29 is 14.6 Å². The molecule has 0 spiro atoms. The summed E-state index contributed by atoms with van der Waals surface area (Å²) in [7, 11) is 2.07. The maximum atomic E-state index is 14.2. The molecule has 2 aromatic carbocycles. The van der Waals surface area contributed by atoms with Crippen molar-refractivity contribution in [2.45, 2.75) is 25.8 Å². The molecule has 6 rings (SSSR count).